The molecule has 41 heavy (non-hydrogen) atoms. The molecule has 0 saturated carbocycles. The molecule has 5 rings (SSSR count). The van der Waals surface area contributed by atoms with E-state index in [-0.39, 0.29) is 16.7 Å². The molecule has 2 aromatic carbocycles. The molecule has 210 valence electrons. The van der Waals surface area contributed by atoms with Crippen molar-refractivity contribution in [1.82, 2.24) is 9.13 Å². The molecule has 1 atom stereocenters. The van der Waals surface area contributed by atoms with E-state index in [1.54, 1.807) is 43.3 Å². The van der Waals surface area contributed by atoms with Crippen molar-refractivity contribution in [3.8, 4) is 11.4 Å². The van der Waals surface area contributed by atoms with Crippen LogP contribution in [0.15, 0.2) is 69.6 Å². The Morgan fingerprint density at radius 2 is 1.85 bits per heavy atom. The molecule has 0 fully saturated rings. The largest absolute Gasteiger partial charge is 0.496 e. The van der Waals surface area contributed by atoms with E-state index in [1.165, 1.54) is 36.2 Å². The average Bonchev–Trinajstić information content (AvgIpc) is 3.40. The number of benzene rings is 2. The van der Waals surface area contributed by atoms with Gasteiger partial charge >= 0.3 is 11.9 Å². The van der Waals surface area contributed by atoms with Crippen LogP contribution in [0, 0.1) is 13.8 Å². The maximum Gasteiger partial charge on any atom is 0.338 e. The minimum Gasteiger partial charge on any atom is -0.496 e. The summed E-state index contributed by atoms with van der Waals surface area (Å²) in [5.41, 5.74) is 4.19. The summed E-state index contributed by atoms with van der Waals surface area (Å²) in [6.45, 7) is 5.52. The maximum atomic E-state index is 14.0. The van der Waals surface area contributed by atoms with E-state index in [0.717, 1.165) is 17.0 Å². The molecule has 0 bridgehead atoms. The number of carboxylic acid groups (broad SMARTS) is 1. The van der Waals surface area contributed by atoms with E-state index >= 15 is 0 Å². The molecular weight excluding hydrogens is 566 g/mol. The second-order valence-electron chi connectivity index (χ2n) is 9.48. The van der Waals surface area contributed by atoms with Crippen molar-refractivity contribution in [2.24, 2.45) is 4.99 Å². The molecule has 1 aliphatic heterocycles. The summed E-state index contributed by atoms with van der Waals surface area (Å²) < 4.78 is 14.5. The van der Waals surface area contributed by atoms with E-state index in [4.69, 9.17) is 21.1 Å². The molecule has 0 radical (unpaired) electrons. The van der Waals surface area contributed by atoms with Gasteiger partial charge < -0.3 is 19.1 Å². The topological polar surface area (TPSA) is 112 Å². The lowest BCUT2D eigenvalue weighted by molar-refractivity contribution is -0.136. The van der Waals surface area contributed by atoms with Gasteiger partial charge in [0.1, 0.15) is 11.8 Å². The first-order valence-corrected chi connectivity index (χ1v) is 13.7. The monoisotopic (exact) mass is 591 g/mol. The van der Waals surface area contributed by atoms with Crippen molar-refractivity contribution < 1.29 is 24.2 Å². The van der Waals surface area contributed by atoms with Gasteiger partial charge in [-0.15, -0.1) is 0 Å². The highest BCUT2D eigenvalue weighted by Gasteiger charge is 2.35. The number of fused-ring (bicyclic) bond motifs is 1. The highest BCUT2D eigenvalue weighted by atomic mass is 35.5. The van der Waals surface area contributed by atoms with Crippen LogP contribution >= 0.6 is 22.9 Å². The predicted molar refractivity (Wildman–Crippen MR) is 156 cm³/mol. The van der Waals surface area contributed by atoms with Crippen LogP contribution in [-0.2, 0) is 9.53 Å². The summed E-state index contributed by atoms with van der Waals surface area (Å²) in [7, 11) is 2.79. The number of aromatic nitrogens is 2. The van der Waals surface area contributed by atoms with Gasteiger partial charge in [-0.3, -0.25) is 9.36 Å². The number of rotatable bonds is 6. The second kappa shape index (κ2) is 10.9. The van der Waals surface area contributed by atoms with Crippen LogP contribution < -0.4 is 19.6 Å². The minimum absolute atomic E-state index is 0.179. The number of hydrogen-bond donors (Lipinski definition) is 1. The number of aryl methyl sites for hydroxylation is 1. The number of methoxy groups -OCH3 is 2. The molecule has 9 nitrogen and oxygen atoms in total. The fourth-order valence-electron chi connectivity index (χ4n) is 5.16. The van der Waals surface area contributed by atoms with Crippen molar-refractivity contribution >= 4 is 41.0 Å². The molecule has 0 amide bonds. The molecule has 0 aliphatic carbocycles. The molecule has 4 aromatic rings. The van der Waals surface area contributed by atoms with Gasteiger partial charge in [-0.05, 0) is 74.9 Å². The van der Waals surface area contributed by atoms with Crippen LogP contribution in [0.25, 0.3) is 11.8 Å². The molecule has 0 unspecified atom stereocenters. The number of nitrogens with zero attached hydrogens (tertiary/aromatic N) is 3. The van der Waals surface area contributed by atoms with Gasteiger partial charge in [0.2, 0.25) is 0 Å². The van der Waals surface area contributed by atoms with Crippen LogP contribution in [0.3, 0.4) is 0 Å². The SMILES string of the molecule is COC(=O)C1=C(C)N=c2s/c(=C\c3cc(C)n(-c4cccc(C(=O)O)c4)c3C)c(=O)n2[C@H]1c1cc(Cl)ccc1OC. The van der Waals surface area contributed by atoms with Crippen molar-refractivity contribution in [3.05, 3.63) is 113 Å². The lowest BCUT2D eigenvalue weighted by Gasteiger charge is -2.25. The fourth-order valence-corrected chi connectivity index (χ4v) is 6.37. The smallest absolute Gasteiger partial charge is 0.338 e. The van der Waals surface area contributed by atoms with Gasteiger partial charge in [0.05, 0.1) is 35.6 Å². The number of allylic oxidation sites excluding steroid dienone is 1. The highest BCUT2D eigenvalue weighted by Crippen LogP contribution is 2.37. The number of carboxylic acids is 1. The number of carbonyl (C=O) groups excluding carboxylic acids is 1. The van der Waals surface area contributed by atoms with Crippen LogP contribution in [-0.4, -0.2) is 40.4 Å². The number of esters is 1. The Hall–Kier alpha value is -4.41. The summed E-state index contributed by atoms with van der Waals surface area (Å²) in [5, 5.41) is 9.86. The summed E-state index contributed by atoms with van der Waals surface area (Å²) in [4.78, 5) is 43.5. The third-order valence-corrected chi connectivity index (χ3v) is 8.24. The Morgan fingerprint density at radius 1 is 1.10 bits per heavy atom. The number of carbonyl (C=O) groups is 2. The molecule has 3 heterocycles. The Balaban J connectivity index is 1.72. The van der Waals surface area contributed by atoms with E-state index < -0.39 is 18.0 Å². The number of hydrogen-bond acceptors (Lipinski definition) is 7. The van der Waals surface area contributed by atoms with Crippen molar-refractivity contribution in [2.45, 2.75) is 26.8 Å². The number of halogens is 1. The lowest BCUT2D eigenvalue weighted by Crippen LogP contribution is -2.40. The third-order valence-electron chi connectivity index (χ3n) is 7.02. The van der Waals surface area contributed by atoms with Crippen molar-refractivity contribution in [1.29, 1.82) is 0 Å². The van der Waals surface area contributed by atoms with Crippen molar-refractivity contribution in [3.63, 3.8) is 0 Å². The Kier molecular flexibility index (Phi) is 7.46. The average molecular weight is 592 g/mol. The number of ether oxygens (including phenoxy) is 2. The second-order valence-corrected chi connectivity index (χ2v) is 10.9. The molecule has 0 spiro atoms. The summed E-state index contributed by atoms with van der Waals surface area (Å²) in [6.07, 6.45) is 1.78. The molecule has 11 heteroatoms. The molecule has 0 saturated heterocycles. The van der Waals surface area contributed by atoms with Crippen LogP contribution in [0.4, 0.5) is 0 Å². The van der Waals surface area contributed by atoms with E-state index in [0.29, 0.717) is 37.1 Å². The van der Waals surface area contributed by atoms with Crippen molar-refractivity contribution in [2.75, 3.05) is 14.2 Å². The van der Waals surface area contributed by atoms with Crippen LogP contribution in [0.1, 0.15) is 45.8 Å². The third kappa shape index (κ3) is 4.89. The normalized spacial score (nSPS) is 15.0. The first-order chi connectivity index (χ1) is 19.5. The zero-order valence-electron chi connectivity index (χ0n) is 22.9. The van der Waals surface area contributed by atoms with E-state index in [2.05, 4.69) is 4.99 Å². The van der Waals surface area contributed by atoms with Gasteiger partial charge in [0, 0.05) is 27.7 Å². The molecular formula is C30H26ClN3O6S. The van der Waals surface area contributed by atoms with Gasteiger partial charge in [0.25, 0.3) is 5.56 Å². The minimum atomic E-state index is -1.01. The Morgan fingerprint density at radius 3 is 2.54 bits per heavy atom. The summed E-state index contributed by atoms with van der Waals surface area (Å²) in [6, 6.07) is 12.8. The van der Waals surface area contributed by atoms with Gasteiger partial charge in [0.15, 0.2) is 4.80 Å². The van der Waals surface area contributed by atoms with Gasteiger partial charge in [-0.25, -0.2) is 14.6 Å². The molecule has 1 N–H and O–H groups in total. The van der Waals surface area contributed by atoms with Gasteiger partial charge in [-0.1, -0.05) is 29.0 Å². The summed E-state index contributed by atoms with van der Waals surface area (Å²) in [5.74, 6) is -1.17. The van der Waals surface area contributed by atoms with Crippen LogP contribution in [0.5, 0.6) is 5.75 Å². The molecule has 2 aromatic heterocycles. The zero-order chi connectivity index (χ0) is 29.6. The fraction of sp³-hybridized carbons (Fsp3) is 0.200. The quantitative estimate of drug-likeness (QED) is 0.337. The number of thiazole rings is 1. The first kappa shape index (κ1) is 28.1. The van der Waals surface area contributed by atoms with E-state index in [9.17, 15) is 19.5 Å². The first-order valence-electron chi connectivity index (χ1n) is 12.5. The highest BCUT2D eigenvalue weighted by molar-refractivity contribution is 7.07. The number of aromatic carboxylic acids is 1. The van der Waals surface area contributed by atoms with Crippen LogP contribution in [0.2, 0.25) is 5.02 Å². The lowest BCUT2D eigenvalue weighted by atomic mass is 9.95. The maximum absolute atomic E-state index is 14.0. The Labute approximate surface area is 243 Å². The summed E-state index contributed by atoms with van der Waals surface area (Å²) >= 11 is 7.55. The standard InChI is InChI=1S/C30H26ClN3O6S/c1-15-11-19(17(3)33(15)21-8-6-7-18(12-21)28(36)37)13-24-27(35)34-26(22-14-20(31)9-10-23(22)39-4)25(29(38)40-5)16(2)32-30(34)41-24/h6-14,26H,1-5H3,(H,36,37)/b24-13-/t26-/m0/s1. The van der Waals surface area contributed by atoms with Gasteiger partial charge in [-0.2, -0.15) is 0 Å². The zero-order valence-corrected chi connectivity index (χ0v) is 24.5. The van der Waals surface area contributed by atoms with E-state index in [1.807, 2.05) is 30.5 Å². The Bertz CT molecular complexity index is 1950. The molecule has 1 aliphatic rings. The predicted octanol–water partition coefficient (Wildman–Crippen LogP) is 4.18.